The number of H-pyrrole nitrogens is 1. The van der Waals surface area contributed by atoms with Crippen molar-refractivity contribution in [2.75, 3.05) is 39.9 Å². The highest BCUT2D eigenvalue weighted by Crippen LogP contribution is 2.22. The van der Waals surface area contributed by atoms with E-state index in [1.807, 2.05) is 35.2 Å². The quantitative estimate of drug-likeness (QED) is 0.908. The number of hydrogen-bond acceptors (Lipinski definition) is 4. The van der Waals surface area contributed by atoms with Crippen molar-refractivity contribution in [3.8, 4) is 11.3 Å². The zero-order chi connectivity index (χ0) is 16.5. The second kappa shape index (κ2) is 6.37. The Labute approximate surface area is 141 Å². The van der Waals surface area contributed by atoms with E-state index in [4.69, 9.17) is 4.74 Å². The fourth-order valence-electron chi connectivity index (χ4n) is 3.70. The molecule has 2 atom stereocenters. The van der Waals surface area contributed by atoms with Crippen LogP contribution in [0.2, 0.25) is 0 Å². The zero-order valence-electron chi connectivity index (χ0n) is 13.8. The number of benzene rings is 1. The normalized spacial score (nSPS) is 24.6. The predicted octanol–water partition coefficient (Wildman–Crippen LogP) is 1.48. The molecule has 1 aromatic heterocycles. The van der Waals surface area contributed by atoms with E-state index in [1.165, 1.54) is 0 Å². The largest absolute Gasteiger partial charge is 0.379 e. The summed E-state index contributed by atoms with van der Waals surface area (Å²) in [6.07, 6.45) is 1.72. The van der Waals surface area contributed by atoms with Gasteiger partial charge in [-0.2, -0.15) is 5.10 Å². The summed E-state index contributed by atoms with van der Waals surface area (Å²) in [5.41, 5.74) is 2.71. The van der Waals surface area contributed by atoms with Gasteiger partial charge in [0.05, 0.1) is 24.9 Å². The molecule has 2 fully saturated rings. The third kappa shape index (κ3) is 2.95. The summed E-state index contributed by atoms with van der Waals surface area (Å²) >= 11 is 0. The number of aromatic nitrogens is 2. The van der Waals surface area contributed by atoms with Gasteiger partial charge in [-0.1, -0.05) is 12.1 Å². The number of rotatable bonds is 2. The standard InChI is InChI=1S/C18H22N4O2/c1-21-8-13-9-22(16(10-21)12-24-11-13)18(23)15-4-2-14(3-5-15)17-6-7-19-20-17/h2-7,13,16H,8-12H2,1H3,(H,19,20)/t13-,16-/m0/s1. The predicted molar refractivity (Wildman–Crippen MR) is 90.7 cm³/mol. The maximum absolute atomic E-state index is 13.0. The molecule has 1 N–H and O–H groups in total. The van der Waals surface area contributed by atoms with Crippen LogP contribution in [0.25, 0.3) is 11.3 Å². The molecule has 0 aliphatic carbocycles. The van der Waals surface area contributed by atoms with Gasteiger partial charge in [-0.25, -0.2) is 0 Å². The van der Waals surface area contributed by atoms with E-state index in [-0.39, 0.29) is 11.9 Å². The van der Waals surface area contributed by atoms with Gasteiger partial charge in [-0.15, -0.1) is 0 Å². The molecular weight excluding hydrogens is 304 g/mol. The first-order valence-electron chi connectivity index (χ1n) is 8.38. The number of fused-ring (bicyclic) bond motifs is 3. The summed E-state index contributed by atoms with van der Waals surface area (Å²) in [5.74, 6) is 0.484. The van der Waals surface area contributed by atoms with Crippen molar-refractivity contribution in [1.29, 1.82) is 0 Å². The smallest absolute Gasteiger partial charge is 0.254 e. The van der Waals surface area contributed by atoms with Gasteiger partial charge in [-0.05, 0) is 30.8 Å². The van der Waals surface area contributed by atoms with Gasteiger partial charge in [0.1, 0.15) is 0 Å². The van der Waals surface area contributed by atoms with Gasteiger partial charge < -0.3 is 14.5 Å². The van der Waals surface area contributed by atoms with Gasteiger partial charge in [0.2, 0.25) is 0 Å². The number of carbonyl (C=O) groups excluding carboxylic acids is 1. The lowest BCUT2D eigenvalue weighted by Crippen LogP contribution is -2.45. The van der Waals surface area contributed by atoms with Crippen molar-refractivity contribution in [2.24, 2.45) is 5.92 Å². The fourth-order valence-corrected chi connectivity index (χ4v) is 3.70. The summed E-state index contributed by atoms with van der Waals surface area (Å²) in [6.45, 7) is 3.99. The molecule has 0 radical (unpaired) electrons. The Bertz CT molecular complexity index is 698. The van der Waals surface area contributed by atoms with Crippen LogP contribution in [0.3, 0.4) is 0 Å². The molecule has 2 aliphatic rings. The molecule has 2 aliphatic heterocycles. The molecule has 4 rings (SSSR count). The van der Waals surface area contributed by atoms with Crippen molar-refractivity contribution in [2.45, 2.75) is 6.04 Å². The number of carbonyl (C=O) groups is 1. The molecule has 2 aromatic rings. The Hall–Kier alpha value is -2.18. The number of hydrogen-bond donors (Lipinski definition) is 1. The minimum absolute atomic E-state index is 0.0990. The third-order valence-electron chi connectivity index (χ3n) is 4.86. The second-order valence-corrected chi connectivity index (χ2v) is 6.78. The minimum Gasteiger partial charge on any atom is -0.379 e. The van der Waals surface area contributed by atoms with E-state index in [9.17, 15) is 4.79 Å². The van der Waals surface area contributed by atoms with Crippen LogP contribution in [-0.2, 0) is 4.74 Å². The fraction of sp³-hybridized carbons (Fsp3) is 0.444. The summed E-state index contributed by atoms with van der Waals surface area (Å²) in [4.78, 5) is 17.3. The highest BCUT2D eigenvalue weighted by molar-refractivity contribution is 5.95. The molecule has 126 valence electrons. The molecule has 1 aromatic carbocycles. The monoisotopic (exact) mass is 326 g/mol. The van der Waals surface area contributed by atoms with Gasteiger partial charge in [0.25, 0.3) is 5.91 Å². The molecule has 3 heterocycles. The van der Waals surface area contributed by atoms with Crippen LogP contribution < -0.4 is 0 Å². The van der Waals surface area contributed by atoms with Gasteiger partial charge in [0, 0.05) is 37.3 Å². The van der Waals surface area contributed by atoms with Crippen molar-refractivity contribution < 1.29 is 9.53 Å². The summed E-state index contributed by atoms with van der Waals surface area (Å²) in [6, 6.07) is 9.78. The molecular formula is C18H22N4O2. The van der Waals surface area contributed by atoms with Crippen LogP contribution in [0.1, 0.15) is 10.4 Å². The minimum atomic E-state index is 0.0990. The maximum Gasteiger partial charge on any atom is 0.254 e. The SMILES string of the molecule is CN1C[C@@H]2COC[C@H](C1)N(C(=O)c1ccc(-c3ccn[nH]3)cc1)C2. The Morgan fingerprint density at radius 1 is 1.17 bits per heavy atom. The number of nitrogens with one attached hydrogen (secondary N) is 1. The third-order valence-corrected chi connectivity index (χ3v) is 4.86. The number of likely N-dealkylation sites (N-methyl/N-ethyl adjacent to an activating group) is 1. The van der Waals surface area contributed by atoms with E-state index in [0.717, 1.165) is 43.1 Å². The number of amides is 1. The molecule has 0 spiro atoms. The molecule has 24 heavy (non-hydrogen) atoms. The van der Waals surface area contributed by atoms with E-state index >= 15 is 0 Å². The zero-order valence-corrected chi connectivity index (χ0v) is 13.8. The molecule has 2 bridgehead atoms. The molecule has 0 saturated carbocycles. The highest BCUT2D eigenvalue weighted by atomic mass is 16.5. The molecule has 6 heteroatoms. The van der Waals surface area contributed by atoms with Crippen molar-refractivity contribution in [3.63, 3.8) is 0 Å². The molecule has 2 saturated heterocycles. The average Bonchev–Trinajstić information content (AvgIpc) is 2.98. The lowest BCUT2D eigenvalue weighted by atomic mass is 10.1. The van der Waals surface area contributed by atoms with E-state index in [2.05, 4.69) is 22.1 Å². The Morgan fingerprint density at radius 3 is 2.75 bits per heavy atom. The first-order chi connectivity index (χ1) is 11.7. The van der Waals surface area contributed by atoms with Crippen molar-refractivity contribution in [3.05, 3.63) is 42.1 Å². The van der Waals surface area contributed by atoms with Crippen LogP contribution >= 0.6 is 0 Å². The van der Waals surface area contributed by atoms with Crippen LogP contribution in [0.15, 0.2) is 36.5 Å². The van der Waals surface area contributed by atoms with Crippen LogP contribution in [-0.4, -0.2) is 71.8 Å². The highest BCUT2D eigenvalue weighted by Gasteiger charge is 2.35. The van der Waals surface area contributed by atoms with Gasteiger partial charge in [-0.3, -0.25) is 9.89 Å². The number of ether oxygens (including phenoxy) is 1. The molecule has 6 nitrogen and oxygen atoms in total. The first kappa shape index (κ1) is 15.4. The summed E-state index contributed by atoms with van der Waals surface area (Å²) in [7, 11) is 2.12. The lowest BCUT2D eigenvalue weighted by Gasteiger charge is -2.29. The Kier molecular flexibility index (Phi) is 4.08. The van der Waals surface area contributed by atoms with E-state index in [0.29, 0.717) is 12.5 Å². The molecule has 0 unspecified atom stereocenters. The Balaban J connectivity index is 1.56. The van der Waals surface area contributed by atoms with Crippen molar-refractivity contribution in [1.82, 2.24) is 20.0 Å². The maximum atomic E-state index is 13.0. The lowest BCUT2D eigenvalue weighted by molar-refractivity contribution is 0.0483. The summed E-state index contributed by atoms with van der Waals surface area (Å²) < 4.78 is 5.76. The average molecular weight is 326 g/mol. The van der Waals surface area contributed by atoms with Crippen LogP contribution in [0.4, 0.5) is 0 Å². The second-order valence-electron chi connectivity index (χ2n) is 6.78. The summed E-state index contributed by atoms with van der Waals surface area (Å²) in [5, 5.41) is 6.91. The van der Waals surface area contributed by atoms with Gasteiger partial charge in [0.15, 0.2) is 0 Å². The topological polar surface area (TPSA) is 61.5 Å². The van der Waals surface area contributed by atoms with Crippen molar-refractivity contribution >= 4 is 5.91 Å². The number of nitrogens with zero attached hydrogens (tertiary/aromatic N) is 3. The van der Waals surface area contributed by atoms with Crippen LogP contribution in [0.5, 0.6) is 0 Å². The Morgan fingerprint density at radius 2 is 2.00 bits per heavy atom. The molecule has 1 amide bonds. The van der Waals surface area contributed by atoms with E-state index < -0.39 is 0 Å². The first-order valence-corrected chi connectivity index (χ1v) is 8.38. The van der Waals surface area contributed by atoms with Gasteiger partial charge >= 0.3 is 0 Å². The van der Waals surface area contributed by atoms with E-state index in [1.54, 1.807) is 6.20 Å². The van der Waals surface area contributed by atoms with Crippen LogP contribution in [0, 0.1) is 5.92 Å². The number of aromatic amines is 1.